The molecule has 0 fully saturated rings. The van der Waals surface area contributed by atoms with Gasteiger partial charge in [0.05, 0.1) is 6.10 Å². The molecular weight excluding hydrogens is 259 g/mol. The predicted molar refractivity (Wildman–Crippen MR) is 78.0 cm³/mol. The van der Waals surface area contributed by atoms with Crippen molar-refractivity contribution in [2.45, 2.75) is 24.8 Å². The molecule has 0 spiro atoms. The van der Waals surface area contributed by atoms with Crippen molar-refractivity contribution < 1.29 is 9.50 Å². The maximum absolute atomic E-state index is 12.8. The van der Waals surface area contributed by atoms with E-state index in [0.717, 1.165) is 16.0 Å². The molecule has 1 atom stereocenters. The Labute approximate surface area is 117 Å². The summed E-state index contributed by atoms with van der Waals surface area (Å²) in [4.78, 5) is 0.964. The number of thioether (sulfide) groups is 1. The minimum absolute atomic E-state index is 0.237. The number of aliphatic hydroxyl groups is 1. The zero-order valence-electron chi connectivity index (χ0n) is 11.1. The first-order valence-corrected chi connectivity index (χ1v) is 7.19. The van der Waals surface area contributed by atoms with Gasteiger partial charge in [0.25, 0.3) is 0 Å². The van der Waals surface area contributed by atoms with Crippen molar-refractivity contribution >= 4 is 11.8 Å². The van der Waals surface area contributed by atoms with Crippen molar-refractivity contribution in [1.29, 1.82) is 0 Å². The second-order valence-electron chi connectivity index (χ2n) is 4.57. The molecule has 1 N–H and O–H groups in total. The van der Waals surface area contributed by atoms with Crippen LogP contribution in [0.1, 0.15) is 22.8 Å². The minimum atomic E-state index is -0.505. The molecule has 3 heteroatoms. The molecule has 0 saturated heterocycles. The zero-order chi connectivity index (χ0) is 13.8. The van der Waals surface area contributed by atoms with E-state index in [0.29, 0.717) is 5.75 Å². The molecule has 0 heterocycles. The number of aryl methyl sites for hydroxylation is 1. The maximum Gasteiger partial charge on any atom is 0.123 e. The number of benzene rings is 2. The molecule has 0 amide bonds. The average molecular weight is 276 g/mol. The lowest BCUT2D eigenvalue weighted by Gasteiger charge is -2.15. The van der Waals surface area contributed by atoms with Gasteiger partial charge in [-0.3, -0.25) is 0 Å². The highest BCUT2D eigenvalue weighted by Gasteiger charge is 2.11. The predicted octanol–water partition coefficient (Wildman–Crippen LogP) is 4.27. The van der Waals surface area contributed by atoms with Crippen molar-refractivity contribution in [3.05, 3.63) is 65.0 Å². The summed E-state index contributed by atoms with van der Waals surface area (Å²) in [6, 6.07) is 12.3. The quantitative estimate of drug-likeness (QED) is 0.842. The number of halogens is 1. The van der Waals surface area contributed by atoms with E-state index in [1.807, 2.05) is 32.0 Å². The SMILES string of the molecule is Cc1cccc(C(O)CSc2ccc(F)cc2)c1C. The van der Waals surface area contributed by atoms with Gasteiger partial charge in [0.2, 0.25) is 0 Å². The molecule has 1 unspecified atom stereocenters. The van der Waals surface area contributed by atoms with E-state index < -0.39 is 6.10 Å². The number of rotatable bonds is 4. The van der Waals surface area contributed by atoms with E-state index in [1.54, 1.807) is 12.1 Å². The van der Waals surface area contributed by atoms with Crippen LogP contribution < -0.4 is 0 Å². The van der Waals surface area contributed by atoms with E-state index in [2.05, 4.69) is 0 Å². The summed E-state index contributed by atoms with van der Waals surface area (Å²) < 4.78 is 12.8. The van der Waals surface area contributed by atoms with Gasteiger partial charge in [-0.05, 0) is 54.8 Å². The fourth-order valence-electron chi connectivity index (χ4n) is 1.93. The summed E-state index contributed by atoms with van der Waals surface area (Å²) in [6.07, 6.45) is -0.505. The molecule has 2 aromatic rings. The van der Waals surface area contributed by atoms with Crippen LogP contribution in [0.5, 0.6) is 0 Å². The van der Waals surface area contributed by atoms with E-state index in [4.69, 9.17) is 0 Å². The molecule has 2 rings (SSSR count). The Morgan fingerprint density at radius 3 is 2.47 bits per heavy atom. The van der Waals surface area contributed by atoms with Crippen LogP contribution in [0.25, 0.3) is 0 Å². The summed E-state index contributed by atoms with van der Waals surface area (Å²) >= 11 is 1.53. The molecule has 0 bridgehead atoms. The van der Waals surface area contributed by atoms with Gasteiger partial charge in [0.15, 0.2) is 0 Å². The number of hydrogen-bond acceptors (Lipinski definition) is 2. The van der Waals surface area contributed by atoms with Gasteiger partial charge in [-0.1, -0.05) is 18.2 Å². The second-order valence-corrected chi connectivity index (χ2v) is 5.66. The van der Waals surface area contributed by atoms with Crippen LogP contribution in [0.2, 0.25) is 0 Å². The summed E-state index contributed by atoms with van der Waals surface area (Å²) in [5, 5.41) is 10.2. The molecule has 19 heavy (non-hydrogen) atoms. The lowest BCUT2D eigenvalue weighted by atomic mass is 10.0. The van der Waals surface area contributed by atoms with Gasteiger partial charge >= 0.3 is 0 Å². The Balaban J connectivity index is 2.03. The smallest absolute Gasteiger partial charge is 0.123 e. The topological polar surface area (TPSA) is 20.2 Å². The van der Waals surface area contributed by atoms with Crippen molar-refractivity contribution in [2.75, 3.05) is 5.75 Å². The fourth-order valence-corrected chi connectivity index (χ4v) is 2.79. The Hall–Kier alpha value is -1.32. The molecule has 0 aromatic heterocycles. The molecule has 1 nitrogen and oxygen atoms in total. The molecule has 100 valence electrons. The summed E-state index contributed by atoms with van der Waals surface area (Å²) in [5.74, 6) is 0.329. The van der Waals surface area contributed by atoms with E-state index in [1.165, 1.54) is 29.5 Å². The lowest BCUT2D eigenvalue weighted by Crippen LogP contribution is -2.03. The third kappa shape index (κ3) is 3.58. The van der Waals surface area contributed by atoms with Gasteiger partial charge in [0.1, 0.15) is 5.82 Å². The highest BCUT2D eigenvalue weighted by Crippen LogP contribution is 2.27. The van der Waals surface area contributed by atoms with Crippen molar-refractivity contribution in [1.82, 2.24) is 0 Å². The van der Waals surface area contributed by atoms with E-state index in [-0.39, 0.29) is 5.82 Å². The second kappa shape index (κ2) is 6.22. The minimum Gasteiger partial charge on any atom is -0.388 e. The first-order valence-electron chi connectivity index (χ1n) is 6.20. The monoisotopic (exact) mass is 276 g/mol. The molecular formula is C16H17FOS. The standard InChI is InChI=1S/C16H17FOS/c1-11-4-3-5-15(12(11)2)16(18)10-19-14-8-6-13(17)7-9-14/h3-9,16,18H,10H2,1-2H3. The Morgan fingerprint density at radius 2 is 1.79 bits per heavy atom. The fraction of sp³-hybridized carbons (Fsp3) is 0.250. The summed E-state index contributed by atoms with van der Waals surface area (Å²) in [7, 11) is 0. The molecule has 0 radical (unpaired) electrons. The average Bonchev–Trinajstić information content (AvgIpc) is 2.41. The first kappa shape index (κ1) is 14.1. The zero-order valence-corrected chi connectivity index (χ0v) is 11.9. The van der Waals surface area contributed by atoms with Crippen molar-refractivity contribution in [2.24, 2.45) is 0 Å². The van der Waals surface area contributed by atoms with Crippen LogP contribution in [-0.4, -0.2) is 10.9 Å². The molecule has 0 aliphatic rings. The van der Waals surface area contributed by atoms with Gasteiger partial charge in [0, 0.05) is 10.6 Å². The van der Waals surface area contributed by atoms with Crippen LogP contribution >= 0.6 is 11.8 Å². The van der Waals surface area contributed by atoms with Gasteiger partial charge in [-0.2, -0.15) is 0 Å². The van der Waals surface area contributed by atoms with Crippen LogP contribution in [0.3, 0.4) is 0 Å². The van der Waals surface area contributed by atoms with Gasteiger partial charge in [-0.25, -0.2) is 4.39 Å². The third-order valence-corrected chi connectivity index (χ3v) is 4.31. The van der Waals surface area contributed by atoms with E-state index >= 15 is 0 Å². The van der Waals surface area contributed by atoms with Crippen LogP contribution in [0.4, 0.5) is 4.39 Å². The Morgan fingerprint density at radius 1 is 1.11 bits per heavy atom. The maximum atomic E-state index is 12.8. The Kier molecular flexibility index (Phi) is 4.61. The van der Waals surface area contributed by atoms with Crippen molar-refractivity contribution in [3.8, 4) is 0 Å². The van der Waals surface area contributed by atoms with Gasteiger partial charge < -0.3 is 5.11 Å². The molecule has 0 aliphatic carbocycles. The van der Waals surface area contributed by atoms with Crippen LogP contribution in [0.15, 0.2) is 47.4 Å². The lowest BCUT2D eigenvalue weighted by molar-refractivity contribution is 0.203. The highest BCUT2D eigenvalue weighted by atomic mass is 32.2. The third-order valence-electron chi connectivity index (χ3n) is 3.23. The number of aliphatic hydroxyl groups excluding tert-OH is 1. The highest BCUT2D eigenvalue weighted by molar-refractivity contribution is 7.99. The molecule has 0 saturated carbocycles. The van der Waals surface area contributed by atoms with Crippen LogP contribution in [-0.2, 0) is 0 Å². The molecule has 2 aromatic carbocycles. The van der Waals surface area contributed by atoms with Crippen LogP contribution in [0, 0.1) is 19.7 Å². The number of hydrogen-bond donors (Lipinski definition) is 1. The normalized spacial score (nSPS) is 12.4. The Bertz CT molecular complexity index is 551. The van der Waals surface area contributed by atoms with Crippen molar-refractivity contribution in [3.63, 3.8) is 0 Å². The first-order chi connectivity index (χ1) is 9.08. The van der Waals surface area contributed by atoms with E-state index in [9.17, 15) is 9.50 Å². The molecule has 0 aliphatic heterocycles. The van der Waals surface area contributed by atoms with Gasteiger partial charge in [-0.15, -0.1) is 11.8 Å². The summed E-state index contributed by atoms with van der Waals surface area (Å²) in [5.41, 5.74) is 3.28. The largest absolute Gasteiger partial charge is 0.388 e. The summed E-state index contributed by atoms with van der Waals surface area (Å²) in [6.45, 7) is 4.06.